The van der Waals surface area contributed by atoms with E-state index in [4.69, 9.17) is 0 Å². The van der Waals surface area contributed by atoms with Gasteiger partial charge in [0, 0.05) is 10.8 Å². The second-order valence-electron chi connectivity index (χ2n) is 1.07. The molecule has 0 fully saturated rings. The van der Waals surface area contributed by atoms with Gasteiger partial charge in [-0.15, -0.1) is 0 Å². The molecule has 2 nitrogen and oxygen atoms in total. The SMILES string of the molecule is CCS(=O)(=O)SCF. The molecule has 0 aliphatic carbocycles. The average Bonchev–Trinajstić information content (AvgIpc) is 1.67. The van der Waals surface area contributed by atoms with E-state index in [1.165, 1.54) is 6.92 Å². The summed E-state index contributed by atoms with van der Waals surface area (Å²) in [6, 6.07) is -0.851. The summed E-state index contributed by atoms with van der Waals surface area (Å²) in [6.07, 6.45) is 0. The minimum Gasteiger partial charge on any atom is -0.238 e. The van der Waals surface area contributed by atoms with E-state index in [2.05, 4.69) is 0 Å². The Labute approximate surface area is 51.8 Å². The van der Waals surface area contributed by atoms with Crippen LogP contribution in [0.4, 0.5) is 4.39 Å². The van der Waals surface area contributed by atoms with Gasteiger partial charge < -0.3 is 0 Å². The molecule has 0 aliphatic rings. The number of rotatable bonds is 3. The van der Waals surface area contributed by atoms with E-state index < -0.39 is 14.9 Å². The van der Waals surface area contributed by atoms with Crippen LogP contribution in [0.25, 0.3) is 0 Å². The summed E-state index contributed by atoms with van der Waals surface area (Å²) >= 11 is 0. The molecule has 0 bridgehead atoms. The van der Waals surface area contributed by atoms with Crippen molar-refractivity contribution in [2.24, 2.45) is 0 Å². The Kier molecular flexibility index (Phi) is 3.39. The summed E-state index contributed by atoms with van der Waals surface area (Å²) in [7, 11) is -2.79. The van der Waals surface area contributed by atoms with Crippen molar-refractivity contribution in [3.8, 4) is 0 Å². The third-order valence-corrected chi connectivity index (χ3v) is 3.78. The Morgan fingerprint density at radius 2 is 2.12 bits per heavy atom. The lowest BCUT2D eigenvalue weighted by Gasteiger charge is -1.91. The fraction of sp³-hybridized carbons (Fsp3) is 1.00. The predicted octanol–water partition coefficient (Wildman–Crippen LogP) is 0.996. The first-order valence-electron chi connectivity index (χ1n) is 2.05. The molecule has 8 heavy (non-hydrogen) atoms. The van der Waals surface area contributed by atoms with Crippen LogP contribution >= 0.6 is 10.8 Å². The van der Waals surface area contributed by atoms with E-state index in [1.54, 1.807) is 0 Å². The molecule has 0 spiro atoms. The number of hydrogen-bond donors (Lipinski definition) is 0. The molecule has 0 atom stereocenters. The van der Waals surface area contributed by atoms with E-state index in [0.717, 1.165) is 0 Å². The zero-order valence-corrected chi connectivity index (χ0v) is 6.06. The van der Waals surface area contributed by atoms with Crippen LogP contribution in [0.1, 0.15) is 6.92 Å². The van der Waals surface area contributed by atoms with Gasteiger partial charge in [0.05, 0.1) is 5.75 Å². The largest absolute Gasteiger partial charge is 0.238 e. The molecule has 0 aromatic carbocycles. The number of halogens is 1. The molecule has 0 aromatic heterocycles. The predicted molar refractivity (Wildman–Crippen MR) is 33.0 cm³/mol. The van der Waals surface area contributed by atoms with Crippen molar-refractivity contribution >= 4 is 19.7 Å². The highest BCUT2D eigenvalue weighted by atomic mass is 33.1. The quantitative estimate of drug-likeness (QED) is 0.574. The van der Waals surface area contributed by atoms with Crippen molar-refractivity contribution in [2.75, 3.05) is 11.8 Å². The molecule has 0 saturated heterocycles. The highest BCUT2D eigenvalue weighted by Gasteiger charge is 2.05. The first kappa shape index (κ1) is 8.23. The van der Waals surface area contributed by atoms with Gasteiger partial charge in [-0.1, -0.05) is 6.92 Å². The molecule has 0 saturated carbocycles. The summed E-state index contributed by atoms with van der Waals surface area (Å²) < 4.78 is 31.9. The van der Waals surface area contributed by atoms with E-state index in [1.807, 2.05) is 0 Å². The molecule has 5 heteroatoms. The van der Waals surface area contributed by atoms with Gasteiger partial charge >= 0.3 is 0 Å². The molecule has 50 valence electrons. The minimum absolute atomic E-state index is 0.00157. The smallest absolute Gasteiger partial charge is 0.203 e. The monoisotopic (exact) mass is 158 g/mol. The normalized spacial score (nSPS) is 11.8. The van der Waals surface area contributed by atoms with E-state index in [-0.39, 0.29) is 5.75 Å². The summed E-state index contributed by atoms with van der Waals surface area (Å²) in [5.74, 6) is 0.00157. The van der Waals surface area contributed by atoms with Crippen molar-refractivity contribution < 1.29 is 12.8 Å². The van der Waals surface area contributed by atoms with Crippen molar-refractivity contribution in [3.05, 3.63) is 0 Å². The molecule has 0 rings (SSSR count). The summed E-state index contributed by atoms with van der Waals surface area (Å²) in [5, 5.41) is 0. The van der Waals surface area contributed by atoms with Gasteiger partial charge in [0.25, 0.3) is 0 Å². The Hall–Kier alpha value is 0.230. The maximum Gasteiger partial charge on any atom is 0.203 e. The second-order valence-corrected chi connectivity index (χ2v) is 5.45. The molecule has 0 radical (unpaired) electrons. The van der Waals surface area contributed by atoms with Gasteiger partial charge in [0.1, 0.15) is 6.01 Å². The van der Waals surface area contributed by atoms with Crippen LogP contribution in [-0.2, 0) is 8.87 Å². The van der Waals surface area contributed by atoms with Gasteiger partial charge in [-0.2, -0.15) is 0 Å². The van der Waals surface area contributed by atoms with Gasteiger partial charge in [-0.25, -0.2) is 12.8 Å². The number of hydrogen-bond acceptors (Lipinski definition) is 3. The molecular weight excluding hydrogens is 151 g/mol. The van der Waals surface area contributed by atoms with Gasteiger partial charge in [0.2, 0.25) is 8.87 Å². The fourth-order valence-corrected chi connectivity index (χ4v) is 1.36. The van der Waals surface area contributed by atoms with Crippen molar-refractivity contribution in [1.82, 2.24) is 0 Å². The van der Waals surface area contributed by atoms with E-state index in [9.17, 15) is 12.8 Å². The van der Waals surface area contributed by atoms with Crippen LogP contribution in [0, 0.1) is 0 Å². The fourth-order valence-electron chi connectivity index (χ4n) is 0.151. The lowest BCUT2D eigenvalue weighted by atomic mass is 11.0. The molecule has 0 N–H and O–H groups in total. The van der Waals surface area contributed by atoms with Gasteiger partial charge in [-0.3, -0.25) is 0 Å². The van der Waals surface area contributed by atoms with Crippen LogP contribution in [0.5, 0.6) is 0 Å². The Morgan fingerprint density at radius 3 is 2.25 bits per heavy atom. The molecule has 0 aliphatic heterocycles. The molecule has 0 aromatic rings. The standard InChI is InChI=1S/C3H7FO2S2/c1-2-8(5,6)7-3-4/h2-3H2,1H3. The zero-order valence-electron chi connectivity index (χ0n) is 4.43. The lowest BCUT2D eigenvalue weighted by molar-refractivity contribution is 0.600. The molecular formula is C3H7FO2S2. The maximum atomic E-state index is 11.3. The van der Waals surface area contributed by atoms with Crippen LogP contribution in [0.15, 0.2) is 0 Å². The highest BCUT2D eigenvalue weighted by molar-refractivity contribution is 8.71. The van der Waals surface area contributed by atoms with E-state index in [0.29, 0.717) is 10.8 Å². The van der Waals surface area contributed by atoms with Gasteiger partial charge in [0.15, 0.2) is 0 Å². The zero-order chi connectivity index (χ0) is 6.62. The third-order valence-electron chi connectivity index (χ3n) is 0.578. The topological polar surface area (TPSA) is 34.1 Å². The number of alkyl halides is 1. The summed E-state index contributed by atoms with van der Waals surface area (Å²) in [6.45, 7) is 1.48. The van der Waals surface area contributed by atoms with Crippen LogP contribution in [0.3, 0.4) is 0 Å². The molecule has 0 amide bonds. The molecule has 0 heterocycles. The van der Waals surface area contributed by atoms with Crippen LogP contribution in [-0.4, -0.2) is 20.2 Å². The average molecular weight is 158 g/mol. The Morgan fingerprint density at radius 1 is 1.62 bits per heavy atom. The second kappa shape index (κ2) is 3.29. The summed E-state index contributed by atoms with van der Waals surface area (Å²) in [5.41, 5.74) is 0. The summed E-state index contributed by atoms with van der Waals surface area (Å²) in [4.78, 5) is 0. The van der Waals surface area contributed by atoms with Gasteiger partial charge in [-0.05, 0) is 0 Å². The van der Waals surface area contributed by atoms with Crippen molar-refractivity contribution in [2.45, 2.75) is 6.92 Å². The van der Waals surface area contributed by atoms with Crippen molar-refractivity contribution in [3.63, 3.8) is 0 Å². The lowest BCUT2D eigenvalue weighted by Crippen LogP contribution is -1.95. The minimum atomic E-state index is -3.13. The highest BCUT2D eigenvalue weighted by Crippen LogP contribution is 2.11. The first-order chi connectivity index (χ1) is 3.62. The van der Waals surface area contributed by atoms with Crippen LogP contribution < -0.4 is 0 Å². The van der Waals surface area contributed by atoms with E-state index >= 15 is 0 Å². The third kappa shape index (κ3) is 3.26. The van der Waals surface area contributed by atoms with Crippen LogP contribution in [0.2, 0.25) is 0 Å². The Bertz CT molecular complexity index is 139. The molecule has 0 unspecified atom stereocenters. The van der Waals surface area contributed by atoms with Crippen molar-refractivity contribution in [1.29, 1.82) is 0 Å². The maximum absolute atomic E-state index is 11.3. The Balaban J connectivity index is 3.76. The first-order valence-corrected chi connectivity index (χ1v) is 5.21.